The summed E-state index contributed by atoms with van der Waals surface area (Å²) in [5, 5.41) is 12.4. The van der Waals surface area contributed by atoms with Gasteiger partial charge in [0.05, 0.1) is 12.3 Å². The lowest BCUT2D eigenvalue weighted by Gasteiger charge is -2.25. The summed E-state index contributed by atoms with van der Waals surface area (Å²) in [5.41, 5.74) is 1.53. The van der Waals surface area contributed by atoms with E-state index in [2.05, 4.69) is 12.2 Å². The van der Waals surface area contributed by atoms with Gasteiger partial charge in [0.15, 0.2) is 0 Å². The van der Waals surface area contributed by atoms with E-state index < -0.39 is 0 Å². The fourth-order valence-corrected chi connectivity index (χ4v) is 2.30. The predicted molar refractivity (Wildman–Crippen MR) is 82.7 cm³/mol. The summed E-state index contributed by atoms with van der Waals surface area (Å²) in [5.74, 6) is -0.211. The molecule has 0 amide bonds. The molecular formula is C16H27FN2O. The van der Waals surface area contributed by atoms with Gasteiger partial charge in [-0.15, -0.1) is 0 Å². The number of rotatable bonds is 9. The summed E-state index contributed by atoms with van der Waals surface area (Å²) in [6.07, 6.45) is 2.05. The number of aliphatic hydroxyl groups excluding tert-OH is 1. The number of unbranched alkanes of at least 4 members (excludes halogenated alkanes) is 1. The lowest BCUT2D eigenvalue weighted by molar-refractivity contribution is 0.301. The zero-order valence-electron chi connectivity index (χ0n) is 12.8. The second kappa shape index (κ2) is 8.93. The van der Waals surface area contributed by atoms with Gasteiger partial charge in [-0.25, -0.2) is 4.39 Å². The normalized spacial score (nSPS) is 12.4. The number of aliphatic hydroxyl groups is 1. The molecule has 2 N–H and O–H groups in total. The fourth-order valence-electron chi connectivity index (χ4n) is 2.30. The van der Waals surface area contributed by atoms with E-state index in [0.29, 0.717) is 12.2 Å². The average molecular weight is 282 g/mol. The summed E-state index contributed by atoms with van der Waals surface area (Å²) < 4.78 is 14.3. The molecule has 1 atom stereocenters. The highest BCUT2D eigenvalue weighted by Gasteiger charge is 2.13. The van der Waals surface area contributed by atoms with Gasteiger partial charge in [0.1, 0.15) is 5.82 Å². The van der Waals surface area contributed by atoms with Crippen molar-refractivity contribution in [2.45, 2.75) is 39.7 Å². The number of nitrogens with zero attached hydrogens (tertiary/aromatic N) is 1. The van der Waals surface area contributed by atoms with Gasteiger partial charge >= 0.3 is 0 Å². The van der Waals surface area contributed by atoms with E-state index in [4.69, 9.17) is 5.11 Å². The van der Waals surface area contributed by atoms with E-state index in [1.807, 2.05) is 30.9 Å². The molecule has 0 spiro atoms. The smallest absolute Gasteiger partial charge is 0.146 e. The van der Waals surface area contributed by atoms with Crippen molar-refractivity contribution < 1.29 is 9.50 Å². The molecule has 1 aromatic rings. The molecule has 0 bridgehead atoms. The van der Waals surface area contributed by atoms with Gasteiger partial charge < -0.3 is 15.3 Å². The van der Waals surface area contributed by atoms with Gasteiger partial charge in [0.25, 0.3) is 0 Å². The Balaban J connectivity index is 2.88. The first-order valence-electron chi connectivity index (χ1n) is 7.52. The molecular weight excluding hydrogens is 255 g/mol. The van der Waals surface area contributed by atoms with Gasteiger partial charge in [-0.3, -0.25) is 0 Å². The van der Waals surface area contributed by atoms with Crippen molar-refractivity contribution in [2.24, 2.45) is 0 Å². The Labute approximate surface area is 121 Å². The van der Waals surface area contributed by atoms with Crippen molar-refractivity contribution in [2.75, 3.05) is 31.1 Å². The molecule has 0 aliphatic heterocycles. The SMILES string of the molecule is CCCCN(CCO)c1ccc(C(C)NCC)cc1F. The van der Waals surface area contributed by atoms with E-state index in [0.717, 1.165) is 31.5 Å². The molecule has 0 saturated carbocycles. The van der Waals surface area contributed by atoms with Crippen molar-refractivity contribution in [3.8, 4) is 0 Å². The Kier molecular flexibility index (Phi) is 7.55. The molecule has 1 unspecified atom stereocenters. The average Bonchev–Trinajstić information content (AvgIpc) is 2.44. The van der Waals surface area contributed by atoms with Crippen molar-refractivity contribution >= 4 is 5.69 Å². The maximum absolute atomic E-state index is 14.3. The monoisotopic (exact) mass is 282 g/mol. The molecule has 0 heterocycles. The minimum Gasteiger partial charge on any atom is -0.395 e. The molecule has 114 valence electrons. The quantitative estimate of drug-likeness (QED) is 0.730. The van der Waals surface area contributed by atoms with E-state index >= 15 is 0 Å². The van der Waals surface area contributed by atoms with Crippen LogP contribution in [0.1, 0.15) is 45.2 Å². The molecule has 20 heavy (non-hydrogen) atoms. The van der Waals surface area contributed by atoms with Crippen LogP contribution in [-0.2, 0) is 0 Å². The fraction of sp³-hybridized carbons (Fsp3) is 0.625. The highest BCUT2D eigenvalue weighted by molar-refractivity contribution is 5.49. The molecule has 0 aliphatic rings. The summed E-state index contributed by atoms with van der Waals surface area (Å²) >= 11 is 0. The third-order valence-electron chi connectivity index (χ3n) is 3.47. The maximum atomic E-state index is 14.3. The summed E-state index contributed by atoms with van der Waals surface area (Å²) in [7, 11) is 0. The zero-order chi connectivity index (χ0) is 15.0. The standard InChI is InChI=1S/C16H27FN2O/c1-4-6-9-19(10-11-20)16-8-7-14(12-15(16)17)13(3)18-5-2/h7-8,12-13,18,20H,4-6,9-11H2,1-3H3. The molecule has 3 nitrogen and oxygen atoms in total. The number of benzene rings is 1. The van der Waals surface area contributed by atoms with Gasteiger partial charge in [-0.05, 0) is 37.6 Å². The van der Waals surface area contributed by atoms with Crippen molar-refractivity contribution in [1.29, 1.82) is 0 Å². The van der Waals surface area contributed by atoms with E-state index in [-0.39, 0.29) is 18.5 Å². The topological polar surface area (TPSA) is 35.5 Å². The van der Waals surface area contributed by atoms with Crippen LogP contribution < -0.4 is 10.2 Å². The number of hydrogen-bond acceptors (Lipinski definition) is 3. The Morgan fingerprint density at radius 1 is 1.30 bits per heavy atom. The number of hydrogen-bond donors (Lipinski definition) is 2. The largest absolute Gasteiger partial charge is 0.395 e. The molecule has 1 rings (SSSR count). The van der Waals surface area contributed by atoms with Crippen LogP contribution >= 0.6 is 0 Å². The first-order chi connectivity index (χ1) is 9.63. The van der Waals surface area contributed by atoms with Crippen LogP contribution in [0.5, 0.6) is 0 Å². The Bertz CT molecular complexity index is 398. The van der Waals surface area contributed by atoms with Crippen LogP contribution in [0, 0.1) is 5.82 Å². The Hall–Kier alpha value is -1.13. The summed E-state index contributed by atoms with van der Waals surface area (Å²) in [6.45, 7) is 8.32. The van der Waals surface area contributed by atoms with Gasteiger partial charge in [0.2, 0.25) is 0 Å². The van der Waals surface area contributed by atoms with Crippen LogP contribution in [0.3, 0.4) is 0 Å². The molecule has 0 aromatic heterocycles. The van der Waals surface area contributed by atoms with E-state index in [9.17, 15) is 4.39 Å². The predicted octanol–water partition coefficient (Wildman–Crippen LogP) is 3.10. The van der Waals surface area contributed by atoms with Gasteiger partial charge in [-0.2, -0.15) is 0 Å². The number of nitrogens with one attached hydrogen (secondary N) is 1. The second-order valence-corrected chi connectivity index (χ2v) is 5.05. The molecule has 0 fully saturated rings. The van der Waals surface area contributed by atoms with Gasteiger partial charge in [0, 0.05) is 19.1 Å². The summed E-state index contributed by atoms with van der Waals surface area (Å²) in [4.78, 5) is 1.92. The molecule has 0 saturated heterocycles. The zero-order valence-corrected chi connectivity index (χ0v) is 12.8. The lowest BCUT2D eigenvalue weighted by atomic mass is 10.1. The molecule has 1 aromatic carbocycles. The van der Waals surface area contributed by atoms with E-state index in [1.165, 1.54) is 0 Å². The highest BCUT2D eigenvalue weighted by atomic mass is 19.1. The van der Waals surface area contributed by atoms with Crippen LogP contribution in [0.2, 0.25) is 0 Å². The second-order valence-electron chi connectivity index (χ2n) is 5.05. The van der Waals surface area contributed by atoms with Crippen molar-refractivity contribution in [3.63, 3.8) is 0 Å². The molecule has 0 aliphatic carbocycles. The first kappa shape index (κ1) is 16.9. The highest BCUT2D eigenvalue weighted by Crippen LogP contribution is 2.23. The third kappa shape index (κ3) is 4.76. The molecule has 0 radical (unpaired) electrons. The van der Waals surface area contributed by atoms with E-state index in [1.54, 1.807) is 6.07 Å². The Morgan fingerprint density at radius 2 is 2.05 bits per heavy atom. The summed E-state index contributed by atoms with van der Waals surface area (Å²) in [6, 6.07) is 5.52. The maximum Gasteiger partial charge on any atom is 0.146 e. The first-order valence-corrected chi connectivity index (χ1v) is 7.52. The van der Waals surface area contributed by atoms with Crippen LogP contribution in [-0.4, -0.2) is 31.3 Å². The van der Waals surface area contributed by atoms with Crippen LogP contribution in [0.15, 0.2) is 18.2 Å². The van der Waals surface area contributed by atoms with Gasteiger partial charge in [-0.1, -0.05) is 26.3 Å². The number of anilines is 1. The minimum atomic E-state index is -0.211. The minimum absolute atomic E-state index is 0.0404. The van der Waals surface area contributed by atoms with Crippen LogP contribution in [0.4, 0.5) is 10.1 Å². The Morgan fingerprint density at radius 3 is 2.60 bits per heavy atom. The lowest BCUT2D eigenvalue weighted by Crippen LogP contribution is -2.28. The van der Waals surface area contributed by atoms with Crippen molar-refractivity contribution in [3.05, 3.63) is 29.6 Å². The third-order valence-corrected chi connectivity index (χ3v) is 3.47. The molecule has 4 heteroatoms. The van der Waals surface area contributed by atoms with Crippen LogP contribution in [0.25, 0.3) is 0 Å². The number of halogens is 1. The van der Waals surface area contributed by atoms with Crippen molar-refractivity contribution in [1.82, 2.24) is 5.32 Å².